The summed E-state index contributed by atoms with van der Waals surface area (Å²) < 4.78 is 5.94. The van der Waals surface area contributed by atoms with E-state index in [0.29, 0.717) is 0 Å². The van der Waals surface area contributed by atoms with Crippen LogP contribution >= 0.6 is 0 Å². The van der Waals surface area contributed by atoms with E-state index in [1.807, 2.05) is 32.9 Å². The van der Waals surface area contributed by atoms with Crippen LogP contribution in [0.15, 0.2) is 36.4 Å². The van der Waals surface area contributed by atoms with Crippen LogP contribution in [0.25, 0.3) is 10.8 Å². The fraction of sp³-hybridized carbons (Fsp3) is 0.333. The SMILES string of the molecule is CC(C)Oc1c(C(C)N)ccc2ccccc12. The van der Waals surface area contributed by atoms with Crippen molar-refractivity contribution in [1.82, 2.24) is 0 Å². The van der Waals surface area contributed by atoms with E-state index in [-0.39, 0.29) is 12.1 Å². The van der Waals surface area contributed by atoms with Crippen molar-refractivity contribution in [3.05, 3.63) is 42.0 Å². The first-order valence-corrected chi connectivity index (χ1v) is 6.03. The number of benzene rings is 2. The third-order valence-electron chi connectivity index (χ3n) is 2.75. The Labute approximate surface area is 102 Å². The molecule has 0 aliphatic rings. The highest BCUT2D eigenvalue weighted by atomic mass is 16.5. The van der Waals surface area contributed by atoms with Gasteiger partial charge in [-0.25, -0.2) is 0 Å². The molecule has 2 heteroatoms. The van der Waals surface area contributed by atoms with Gasteiger partial charge < -0.3 is 10.5 Å². The quantitative estimate of drug-likeness (QED) is 0.872. The lowest BCUT2D eigenvalue weighted by atomic mass is 10.0. The molecule has 2 aromatic rings. The maximum atomic E-state index is 6.00. The maximum Gasteiger partial charge on any atom is 0.132 e. The van der Waals surface area contributed by atoms with E-state index in [4.69, 9.17) is 10.5 Å². The number of fused-ring (bicyclic) bond motifs is 1. The minimum absolute atomic E-state index is 0.0200. The summed E-state index contributed by atoms with van der Waals surface area (Å²) in [5.74, 6) is 0.924. The lowest BCUT2D eigenvalue weighted by Gasteiger charge is -2.18. The van der Waals surface area contributed by atoms with Crippen LogP contribution in [0.2, 0.25) is 0 Å². The fourth-order valence-corrected chi connectivity index (χ4v) is 1.99. The zero-order valence-electron chi connectivity index (χ0n) is 10.6. The van der Waals surface area contributed by atoms with E-state index >= 15 is 0 Å². The topological polar surface area (TPSA) is 35.2 Å². The average Bonchev–Trinajstić information content (AvgIpc) is 2.28. The Morgan fingerprint density at radius 3 is 2.35 bits per heavy atom. The molecule has 0 amide bonds. The first-order chi connectivity index (χ1) is 8.09. The molecule has 0 aliphatic carbocycles. The molecule has 2 rings (SSSR count). The van der Waals surface area contributed by atoms with E-state index in [2.05, 4.69) is 24.3 Å². The van der Waals surface area contributed by atoms with Gasteiger partial charge in [-0.2, -0.15) is 0 Å². The van der Waals surface area contributed by atoms with Gasteiger partial charge in [-0.15, -0.1) is 0 Å². The zero-order valence-corrected chi connectivity index (χ0v) is 10.6. The van der Waals surface area contributed by atoms with E-state index < -0.39 is 0 Å². The van der Waals surface area contributed by atoms with Gasteiger partial charge in [0.25, 0.3) is 0 Å². The van der Waals surface area contributed by atoms with Crippen LogP contribution in [0, 0.1) is 0 Å². The second kappa shape index (κ2) is 4.76. The van der Waals surface area contributed by atoms with Crippen LogP contribution in [0.3, 0.4) is 0 Å². The van der Waals surface area contributed by atoms with Gasteiger partial charge in [0.1, 0.15) is 5.75 Å². The summed E-state index contributed by atoms with van der Waals surface area (Å²) in [6.45, 7) is 6.05. The molecular formula is C15H19NO. The Bertz CT molecular complexity index is 517. The lowest BCUT2D eigenvalue weighted by Crippen LogP contribution is -2.12. The highest BCUT2D eigenvalue weighted by Crippen LogP contribution is 2.33. The molecule has 0 spiro atoms. The molecule has 0 radical (unpaired) electrons. The van der Waals surface area contributed by atoms with Gasteiger partial charge >= 0.3 is 0 Å². The average molecular weight is 229 g/mol. The largest absolute Gasteiger partial charge is 0.490 e. The highest BCUT2D eigenvalue weighted by molar-refractivity contribution is 5.89. The molecule has 0 aliphatic heterocycles. The van der Waals surface area contributed by atoms with Gasteiger partial charge in [0, 0.05) is 17.0 Å². The highest BCUT2D eigenvalue weighted by Gasteiger charge is 2.13. The van der Waals surface area contributed by atoms with E-state index in [0.717, 1.165) is 16.7 Å². The Morgan fingerprint density at radius 1 is 1.00 bits per heavy atom. The molecule has 0 aromatic heterocycles. The van der Waals surface area contributed by atoms with Crippen LogP contribution in [0.5, 0.6) is 5.75 Å². The Morgan fingerprint density at radius 2 is 1.71 bits per heavy atom. The summed E-state index contributed by atoms with van der Waals surface area (Å²) in [7, 11) is 0. The van der Waals surface area contributed by atoms with Crippen molar-refractivity contribution in [2.45, 2.75) is 32.9 Å². The summed E-state index contributed by atoms with van der Waals surface area (Å²) in [6.07, 6.45) is 0.151. The third kappa shape index (κ3) is 2.42. The van der Waals surface area contributed by atoms with Crippen molar-refractivity contribution in [3.8, 4) is 5.75 Å². The lowest BCUT2D eigenvalue weighted by molar-refractivity contribution is 0.242. The first kappa shape index (κ1) is 11.9. The minimum Gasteiger partial charge on any atom is -0.490 e. The Hall–Kier alpha value is -1.54. The molecule has 90 valence electrons. The van der Waals surface area contributed by atoms with E-state index in [1.165, 1.54) is 5.39 Å². The molecule has 1 atom stereocenters. The summed E-state index contributed by atoms with van der Waals surface area (Å²) >= 11 is 0. The normalized spacial score (nSPS) is 13.0. The summed E-state index contributed by atoms with van der Waals surface area (Å²) in [4.78, 5) is 0. The number of rotatable bonds is 3. The minimum atomic E-state index is -0.0200. The molecule has 2 N–H and O–H groups in total. The molecule has 0 heterocycles. The number of hydrogen-bond acceptors (Lipinski definition) is 2. The second-order valence-electron chi connectivity index (χ2n) is 4.66. The Kier molecular flexibility index (Phi) is 3.34. The zero-order chi connectivity index (χ0) is 12.4. The number of ether oxygens (including phenoxy) is 1. The van der Waals surface area contributed by atoms with Crippen molar-refractivity contribution < 1.29 is 4.74 Å². The molecule has 0 bridgehead atoms. The van der Waals surface area contributed by atoms with Crippen molar-refractivity contribution in [2.24, 2.45) is 5.73 Å². The molecule has 2 aromatic carbocycles. The van der Waals surface area contributed by atoms with Gasteiger partial charge in [-0.1, -0.05) is 36.4 Å². The van der Waals surface area contributed by atoms with Crippen LogP contribution in [-0.4, -0.2) is 6.10 Å². The fourth-order valence-electron chi connectivity index (χ4n) is 1.99. The van der Waals surface area contributed by atoms with Crippen molar-refractivity contribution in [1.29, 1.82) is 0 Å². The van der Waals surface area contributed by atoms with E-state index in [9.17, 15) is 0 Å². The predicted octanol–water partition coefficient (Wildman–Crippen LogP) is 3.65. The van der Waals surface area contributed by atoms with E-state index in [1.54, 1.807) is 0 Å². The van der Waals surface area contributed by atoms with Gasteiger partial charge in [0.2, 0.25) is 0 Å². The van der Waals surface area contributed by atoms with Gasteiger partial charge in [-0.05, 0) is 26.2 Å². The molecule has 0 fully saturated rings. The van der Waals surface area contributed by atoms with Crippen LogP contribution in [-0.2, 0) is 0 Å². The molecular weight excluding hydrogens is 210 g/mol. The third-order valence-corrected chi connectivity index (χ3v) is 2.75. The smallest absolute Gasteiger partial charge is 0.132 e. The van der Waals surface area contributed by atoms with Crippen molar-refractivity contribution in [2.75, 3.05) is 0 Å². The summed E-state index contributed by atoms with van der Waals surface area (Å²) in [5, 5.41) is 2.32. The summed E-state index contributed by atoms with van der Waals surface area (Å²) in [6, 6.07) is 12.4. The van der Waals surface area contributed by atoms with Crippen LogP contribution in [0.4, 0.5) is 0 Å². The van der Waals surface area contributed by atoms with Crippen LogP contribution < -0.4 is 10.5 Å². The molecule has 17 heavy (non-hydrogen) atoms. The molecule has 0 saturated heterocycles. The monoisotopic (exact) mass is 229 g/mol. The van der Waals surface area contributed by atoms with Crippen molar-refractivity contribution in [3.63, 3.8) is 0 Å². The molecule has 0 saturated carbocycles. The molecule has 1 unspecified atom stereocenters. The molecule has 2 nitrogen and oxygen atoms in total. The second-order valence-corrected chi connectivity index (χ2v) is 4.66. The van der Waals surface area contributed by atoms with Crippen LogP contribution in [0.1, 0.15) is 32.4 Å². The number of nitrogens with two attached hydrogens (primary N) is 1. The Balaban J connectivity index is 2.66. The van der Waals surface area contributed by atoms with Gasteiger partial charge in [-0.3, -0.25) is 0 Å². The first-order valence-electron chi connectivity index (χ1n) is 6.03. The summed E-state index contributed by atoms with van der Waals surface area (Å²) in [5.41, 5.74) is 7.07. The van der Waals surface area contributed by atoms with Gasteiger partial charge in [0.15, 0.2) is 0 Å². The number of hydrogen-bond donors (Lipinski definition) is 1. The van der Waals surface area contributed by atoms with Gasteiger partial charge in [0.05, 0.1) is 6.10 Å². The standard InChI is InChI=1S/C15H19NO/c1-10(2)17-15-13(11(3)16)9-8-12-6-4-5-7-14(12)15/h4-11H,16H2,1-3H3. The van der Waals surface area contributed by atoms with Crippen molar-refractivity contribution >= 4 is 10.8 Å². The predicted molar refractivity (Wildman–Crippen MR) is 72.3 cm³/mol. The maximum absolute atomic E-state index is 6.00.